The monoisotopic (exact) mass is 452 g/mol. The van der Waals surface area contributed by atoms with E-state index in [0.717, 1.165) is 54.2 Å². The molecule has 1 saturated carbocycles. The van der Waals surface area contributed by atoms with Crippen molar-refractivity contribution in [1.29, 1.82) is 0 Å². The number of hydrogen-bond acceptors (Lipinski definition) is 3. The predicted molar refractivity (Wildman–Crippen MR) is 137 cm³/mol. The molecule has 1 N–H and O–H groups in total. The second kappa shape index (κ2) is 9.96. The fraction of sp³-hybridized carbons (Fsp3) is 0.591. The number of rotatable bonds is 7. The summed E-state index contributed by atoms with van der Waals surface area (Å²) in [4.78, 5) is 3.89. The normalized spacial score (nSPS) is 23.7. The molecule has 1 aliphatic carbocycles. The Hall–Kier alpha value is -0.560. The van der Waals surface area contributed by atoms with Crippen LogP contribution in [0.5, 0.6) is 0 Å². The van der Waals surface area contributed by atoms with E-state index in [9.17, 15) is 0 Å². The van der Waals surface area contributed by atoms with E-state index in [1.54, 1.807) is 0 Å². The van der Waals surface area contributed by atoms with E-state index >= 15 is 0 Å². The molecule has 0 heterocycles. The van der Waals surface area contributed by atoms with Crippen LogP contribution in [-0.4, -0.2) is 38.2 Å². The summed E-state index contributed by atoms with van der Waals surface area (Å²) in [6, 6.07) is 10.4. The van der Waals surface area contributed by atoms with Gasteiger partial charge in [-0.05, 0) is 42.1 Å². The zero-order valence-corrected chi connectivity index (χ0v) is 20.7. The van der Waals surface area contributed by atoms with Crippen molar-refractivity contribution < 1.29 is 0 Å². The highest BCUT2D eigenvalue weighted by molar-refractivity contribution is 8.11. The zero-order valence-electron chi connectivity index (χ0n) is 17.3. The van der Waals surface area contributed by atoms with Crippen molar-refractivity contribution in [2.24, 2.45) is 10.8 Å². The second-order valence-corrected chi connectivity index (χ2v) is 11.1. The fourth-order valence-electron chi connectivity index (χ4n) is 4.87. The smallest absolute Gasteiger partial charge is 0.130 e. The second-order valence-electron chi connectivity index (χ2n) is 9.13. The number of thiol groups is 1. The van der Waals surface area contributed by atoms with Crippen LogP contribution in [0.3, 0.4) is 0 Å². The summed E-state index contributed by atoms with van der Waals surface area (Å²) in [5, 5.41) is 3.39. The van der Waals surface area contributed by atoms with Gasteiger partial charge in [0.1, 0.15) is 9.31 Å². The van der Waals surface area contributed by atoms with Gasteiger partial charge in [0.25, 0.3) is 0 Å². The average Bonchev–Trinajstić information content (AvgIpc) is 2.58. The Kier molecular flexibility index (Phi) is 8.44. The Morgan fingerprint density at radius 2 is 1.79 bits per heavy atom. The summed E-state index contributed by atoms with van der Waals surface area (Å²) in [5.74, 6) is 0. The highest BCUT2D eigenvalue weighted by Gasteiger charge is 2.42. The van der Waals surface area contributed by atoms with Crippen LogP contribution in [0.1, 0.15) is 58.9 Å². The molecule has 1 fully saturated rings. The lowest BCUT2D eigenvalue weighted by atomic mass is 9.62. The first-order valence-electron chi connectivity index (χ1n) is 9.93. The molecule has 0 aromatic heterocycles. The highest BCUT2D eigenvalue weighted by atomic mass is 32.1. The van der Waals surface area contributed by atoms with Crippen LogP contribution >= 0.6 is 49.3 Å². The minimum atomic E-state index is 0.128. The number of nitrogens with zero attached hydrogens (tertiary/aromatic N) is 1. The van der Waals surface area contributed by atoms with Crippen LogP contribution < -0.4 is 5.32 Å². The van der Waals surface area contributed by atoms with Crippen molar-refractivity contribution in [3.05, 3.63) is 35.9 Å². The van der Waals surface area contributed by atoms with Crippen LogP contribution in [0.25, 0.3) is 0 Å². The molecule has 2 rings (SSSR count). The molecule has 0 amide bonds. The van der Waals surface area contributed by atoms with E-state index in [1.807, 2.05) is 30.3 Å². The van der Waals surface area contributed by atoms with Crippen LogP contribution in [0, 0.1) is 10.8 Å². The third kappa shape index (κ3) is 6.75. The predicted octanol–water partition coefficient (Wildman–Crippen LogP) is 5.83. The summed E-state index contributed by atoms with van der Waals surface area (Å²) in [7, 11) is 0. The van der Waals surface area contributed by atoms with Gasteiger partial charge in [0.2, 0.25) is 0 Å². The number of nitrogens with one attached hydrogen (secondary N) is 1. The Labute approximate surface area is 192 Å². The van der Waals surface area contributed by atoms with Crippen molar-refractivity contribution in [3.63, 3.8) is 0 Å². The zero-order chi connectivity index (χ0) is 20.9. The van der Waals surface area contributed by atoms with Crippen molar-refractivity contribution >= 4 is 63.5 Å². The lowest BCUT2D eigenvalue weighted by Gasteiger charge is -2.49. The lowest BCUT2D eigenvalue weighted by Crippen LogP contribution is -2.51. The van der Waals surface area contributed by atoms with Gasteiger partial charge in [0, 0.05) is 19.1 Å². The molecule has 6 heteroatoms. The van der Waals surface area contributed by atoms with Crippen molar-refractivity contribution in [3.8, 4) is 0 Å². The summed E-state index contributed by atoms with van der Waals surface area (Å²) in [6.45, 7) is 11.1. The average molecular weight is 453 g/mol. The number of thiocarbonyl (C=S) groups is 3. The minimum Gasteiger partial charge on any atom is -0.368 e. The Bertz CT molecular complexity index is 717. The molecule has 0 radical (unpaired) electrons. The van der Waals surface area contributed by atoms with Crippen LogP contribution in [0.2, 0.25) is 0 Å². The molecular weight excluding hydrogens is 421 g/mol. The molecule has 2 unspecified atom stereocenters. The van der Waals surface area contributed by atoms with Crippen molar-refractivity contribution in [1.82, 2.24) is 10.2 Å². The first-order valence-corrected chi connectivity index (χ1v) is 11.6. The summed E-state index contributed by atoms with van der Waals surface area (Å²) < 4.78 is 0.580. The maximum absolute atomic E-state index is 5.86. The molecule has 2 atom stereocenters. The van der Waals surface area contributed by atoms with Crippen LogP contribution in [0.4, 0.5) is 0 Å². The third-order valence-corrected chi connectivity index (χ3v) is 6.62. The van der Waals surface area contributed by atoms with E-state index in [-0.39, 0.29) is 10.8 Å². The molecule has 0 bridgehead atoms. The van der Waals surface area contributed by atoms with Gasteiger partial charge in [-0.15, -0.1) is 12.6 Å². The molecule has 28 heavy (non-hydrogen) atoms. The third-order valence-electron chi connectivity index (χ3n) is 5.35. The topological polar surface area (TPSA) is 15.3 Å². The maximum atomic E-state index is 5.86. The molecular formula is C22H32N2S4. The quantitative estimate of drug-likeness (QED) is 0.306. The Morgan fingerprint density at radius 3 is 2.36 bits per heavy atom. The van der Waals surface area contributed by atoms with Gasteiger partial charge >= 0.3 is 0 Å². The molecule has 0 spiro atoms. The summed E-state index contributed by atoms with van der Waals surface area (Å²) in [5.41, 5.74) is 1.39. The lowest BCUT2D eigenvalue weighted by molar-refractivity contribution is 0.0596. The van der Waals surface area contributed by atoms with Gasteiger partial charge in [-0.2, -0.15) is 0 Å². The van der Waals surface area contributed by atoms with Crippen molar-refractivity contribution in [2.75, 3.05) is 13.1 Å². The first kappa shape index (κ1) is 23.7. The number of hydrogen-bond donors (Lipinski definition) is 2. The molecule has 1 aliphatic rings. The molecule has 2 nitrogen and oxygen atoms in total. The Morgan fingerprint density at radius 1 is 1.14 bits per heavy atom. The van der Waals surface area contributed by atoms with Gasteiger partial charge < -0.3 is 10.2 Å². The van der Waals surface area contributed by atoms with E-state index in [1.165, 1.54) is 0 Å². The van der Waals surface area contributed by atoms with Crippen LogP contribution in [0.15, 0.2) is 30.3 Å². The first-order chi connectivity index (χ1) is 13.1. The Balaban J connectivity index is 2.20. The number of benzene rings is 1. The molecule has 1 aromatic rings. The summed E-state index contributed by atoms with van der Waals surface area (Å²) >= 11 is 21.1. The van der Waals surface area contributed by atoms with Gasteiger partial charge in [0.05, 0.1) is 4.86 Å². The van der Waals surface area contributed by atoms with E-state index in [4.69, 9.17) is 36.7 Å². The molecule has 1 aromatic carbocycles. The standard InChI is InChI=1S/C22H32N2S4/c1-5-11-24(19(26)18(25)16-9-7-6-8-10-16)15-22(4)13-17(23-20(27)28)12-21(2,3)14-22/h6-10,17H,5,11-15H2,1-4H3,(H2,23,27,28). The highest BCUT2D eigenvalue weighted by Crippen LogP contribution is 2.46. The van der Waals surface area contributed by atoms with Gasteiger partial charge in [-0.1, -0.05) is 94.7 Å². The molecule has 0 aliphatic heterocycles. The SMILES string of the molecule is CCCN(CC1(C)CC(NC(=S)S)CC(C)(C)C1)C(=S)C(=S)c1ccccc1. The minimum absolute atomic E-state index is 0.128. The van der Waals surface area contributed by atoms with Gasteiger partial charge in [-0.25, -0.2) is 0 Å². The van der Waals surface area contributed by atoms with Gasteiger partial charge in [-0.3, -0.25) is 0 Å². The van der Waals surface area contributed by atoms with Gasteiger partial charge in [0.15, 0.2) is 0 Å². The van der Waals surface area contributed by atoms with Crippen molar-refractivity contribution in [2.45, 2.75) is 59.4 Å². The van der Waals surface area contributed by atoms with E-state index in [0.29, 0.717) is 10.4 Å². The summed E-state index contributed by atoms with van der Waals surface area (Å²) in [6.07, 6.45) is 4.35. The molecule has 0 saturated heterocycles. The van der Waals surface area contributed by atoms with E-state index in [2.05, 4.69) is 50.5 Å². The largest absolute Gasteiger partial charge is 0.368 e. The van der Waals surface area contributed by atoms with E-state index < -0.39 is 0 Å². The van der Waals surface area contributed by atoms with Crippen LogP contribution in [-0.2, 0) is 0 Å². The molecule has 154 valence electrons. The maximum Gasteiger partial charge on any atom is 0.130 e. The fourth-order valence-corrected chi connectivity index (χ4v) is 5.76.